The molecule has 4 rings (SSSR count). The first kappa shape index (κ1) is 18.0. The van der Waals surface area contributed by atoms with Gasteiger partial charge in [-0.25, -0.2) is 0 Å². The normalized spacial score (nSPS) is 16.1. The van der Waals surface area contributed by atoms with Crippen LogP contribution in [0.5, 0.6) is 0 Å². The maximum atomic E-state index is 12.3. The van der Waals surface area contributed by atoms with Crippen LogP contribution in [0.25, 0.3) is 10.9 Å². The second-order valence-corrected chi connectivity index (χ2v) is 7.05. The van der Waals surface area contributed by atoms with E-state index in [-0.39, 0.29) is 5.91 Å². The molecule has 0 saturated carbocycles. The van der Waals surface area contributed by atoms with E-state index < -0.39 is 6.23 Å². The third kappa shape index (κ3) is 3.17. The van der Waals surface area contributed by atoms with Crippen LogP contribution in [0.15, 0.2) is 59.7 Å². The van der Waals surface area contributed by atoms with E-state index in [9.17, 15) is 4.79 Å². The van der Waals surface area contributed by atoms with Crippen LogP contribution in [0.2, 0.25) is 0 Å². The zero-order valence-electron chi connectivity index (χ0n) is 16.4. The molecule has 0 unspecified atom stereocenters. The monoisotopic (exact) mass is 374 g/mol. The molecule has 0 aliphatic carbocycles. The van der Waals surface area contributed by atoms with Gasteiger partial charge in [-0.3, -0.25) is 9.78 Å². The molecule has 142 valence electrons. The number of anilines is 1. The summed E-state index contributed by atoms with van der Waals surface area (Å²) in [5, 5.41) is 6.82. The van der Waals surface area contributed by atoms with Crippen LogP contribution in [0.1, 0.15) is 30.0 Å². The van der Waals surface area contributed by atoms with Crippen molar-refractivity contribution >= 4 is 28.4 Å². The molecule has 1 atom stereocenters. The van der Waals surface area contributed by atoms with Gasteiger partial charge in [-0.1, -0.05) is 18.2 Å². The molecule has 0 spiro atoms. The average molecular weight is 374 g/mol. The van der Waals surface area contributed by atoms with E-state index in [1.807, 2.05) is 80.5 Å². The average Bonchev–Trinajstić information content (AvgIpc) is 3.13. The Balaban J connectivity index is 1.75. The lowest BCUT2D eigenvalue weighted by Crippen LogP contribution is -2.25. The molecule has 3 aromatic rings. The predicted octanol–water partition coefficient (Wildman–Crippen LogP) is 3.85. The molecule has 0 saturated heterocycles. The quantitative estimate of drug-likeness (QED) is 0.699. The van der Waals surface area contributed by atoms with Crippen LogP contribution >= 0.6 is 0 Å². The third-order valence-electron chi connectivity index (χ3n) is 4.74. The molecule has 2 heterocycles. The number of hydrogen-bond donors (Lipinski definition) is 0. The Hall–Kier alpha value is -3.41. The molecule has 1 aliphatic heterocycles. The van der Waals surface area contributed by atoms with Crippen molar-refractivity contribution in [2.45, 2.75) is 20.1 Å². The minimum Gasteiger partial charge on any atom is -0.446 e. The Kier molecular flexibility index (Phi) is 4.47. The van der Waals surface area contributed by atoms with E-state index in [1.165, 1.54) is 11.9 Å². The lowest BCUT2D eigenvalue weighted by molar-refractivity contribution is -0.135. The molecule has 28 heavy (non-hydrogen) atoms. The predicted molar refractivity (Wildman–Crippen MR) is 110 cm³/mol. The summed E-state index contributed by atoms with van der Waals surface area (Å²) in [5.41, 5.74) is 4.52. The lowest BCUT2D eigenvalue weighted by Gasteiger charge is -2.21. The third-order valence-corrected chi connectivity index (χ3v) is 4.74. The molecular weight excluding hydrogens is 352 g/mol. The highest BCUT2D eigenvalue weighted by molar-refractivity contribution is 5.97. The molecule has 0 bridgehead atoms. The van der Waals surface area contributed by atoms with E-state index >= 15 is 0 Å². The fraction of sp³-hybridized carbons (Fsp3) is 0.227. The number of hydrogen-bond acceptors (Lipinski definition) is 5. The van der Waals surface area contributed by atoms with Crippen molar-refractivity contribution in [1.29, 1.82) is 0 Å². The molecule has 0 N–H and O–H groups in total. The number of carbonyl (C=O) groups is 1. The van der Waals surface area contributed by atoms with Crippen molar-refractivity contribution in [3.8, 4) is 0 Å². The summed E-state index contributed by atoms with van der Waals surface area (Å²) in [6.45, 7) is 3.43. The second-order valence-electron chi connectivity index (χ2n) is 7.05. The Morgan fingerprint density at radius 1 is 1.11 bits per heavy atom. The highest BCUT2D eigenvalue weighted by Gasteiger charge is 2.34. The molecule has 6 heteroatoms. The number of fused-ring (bicyclic) bond motifs is 1. The van der Waals surface area contributed by atoms with Crippen molar-refractivity contribution < 1.29 is 9.53 Å². The number of pyridine rings is 1. The molecule has 0 radical (unpaired) electrons. The molecule has 1 amide bonds. The maximum Gasteiger partial charge on any atom is 0.243 e. The van der Waals surface area contributed by atoms with Crippen LogP contribution in [-0.4, -0.2) is 35.9 Å². The summed E-state index contributed by atoms with van der Waals surface area (Å²) >= 11 is 0. The molecule has 2 aromatic carbocycles. The van der Waals surface area contributed by atoms with E-state index in [0.29, 0.717) is 5.90 Å². The van der Waals surface area contributed by atoms with Gasteiger partial charge in [-0.15, -0.1) is 5.10 Å². The summed E-state index contributed by atoms with van der Waals surface area (Å²) in [5.74, 6) is 0.257. The first-order valence-corrected chi connectivity index (χ1v) is 9.13. The van der Waals surface area contributed by atoms with Crippen molar-refractivity contribution in [3.05, 3.63) is 71.4 Å². The van der Waals surface area contributed by atoms with Gasteiger partial charge in [0.2, 0.25) is 18.0 Å². The lowest BCUT2D eigenvalue weighted by atomic mass is 10.1. The topological polar surface area (TPSA) is 58.0 Å². The van der Waals surface area contributed by atoms with Crippen molar-refractivity contribution in [3.63, 3.8) is 0 Å². The summed E-state index contributed by atoms with van der Waals surface area (Å²) in [6, 6.07) is 17.7. The fourth-order valence-corrected chi connectivity index (χ4v) is 3.33. The van der Waals surface area contributed by atoms with Crippen LogP contribution in [-0.2, 0) is 9.53 Å². The van der Waals surface area contributed by atoms with Gasteiger partial charge < -0.3 is 9.64 Å². The SMILES string of the molecule is CC(=O)N1N=C(c2ccc(N(C)C)cc2)O[C@@H]1c1cc(C)nc2ccccc12. The van der Waals surface area contributed by atoms with Gasteiger partial charge in [-0.2, -0.15) is 5.01 Å². The minimum atomic E-state index is -0.618. The van der Waals surface area contributed by atoms with Gasteiger partial charge >= 0.3 is 0 Å². The molecule has 1 aromatic heterocycles. The van der Waals surface area contributed by atoms with Crippen molar-refractivity contribution in [2.75, 3.05) is 19.0 Å². The number of aromatic nitrogens is 1. The van der Waals surface area contributed by atoms with Gasteiger partial charge in [-0.05, 0) is 43.3 Å². The highest BCUT2D eigenvalue weighted by Crippen LogP contribution is 2.34. The van der Waals surface area contributed by atoms with E-state index in [4.69, 9.17) is 4.74 Å². The number of carbonyl (C=O) groups excluding carboxylic acids is 1. The minimum absolute atomic E-state index is 0.177. The molecule has 0 fully saturated rings. The van der Waals surface area contributed by atoms with Crippen LogP contribution in [0.3, 0.4) is 0 Å². The number of amides is 1. The fourth-order valence-electron chi connectivity index (χ4n) is 3.33. The van der Waals surface area contributed by atoms with Crippen LogP contribution in [0, 0.1) is 6.92 Å². The number of hydrazone groups is 1. The second kappa shape index (κ2) is 6.96. The summed E-state index contributed by atoms with van der Waals surface area (Å²) < 4.78 is 6.18. The zero-order chi connectivity index (χ0) is 19.8. The van der Waals surface area contributed by atoms with Crippen molar-refractivity contribution in [1.82, 2.24) is 9.99 Å². The Bertz CT molecular complexity index is 1070. The van der Waals surface area contributed by atoms with Gasteiger partial charge in [0.25, 0.3) is 0 Å². The Morgan fingerprint density at radius 2 is 1.82 bits per heavy atom. The van der Waals surface area contributed by atoms with Gasteiger partial charge in [0.15, 0.2) is 0 Å². The summed E-state index contributed by atoms with van der Waals surface area (Å²) in [6.07, 6.45) is -0.618. The van der Waals surface area contributed by atoms with E-state index in [1.54, 1.807) is 0 Å². The highest BCUT2D eigenvalue weighted by atomic mass is 16.5. The molecular formula is C22H22N4O2. The largest absolute Gasteiger partial charge is 0.446 e. The van der Waals surface area contributed by atoms with E-state index in [0.717, 1.165) is 33.4 Å². The van der Waals surface area contributed by atoms with Gasteiger partial charge in [0.1, 0.15) is 0 Å². The summed E-state index contributed by atoms with van der Waals surface area (Å²) in [4.78, 5) is 18.9. The standard InChI is InChI=1S/C22H22N4O2/c1-14-13-19(18-7-5-6-8-20(18)23-14)22-26(15(2)27)24-21(28-22)16-9-11-17(12-10-16)25(3)4/h5-13,22H,1-4H3/t22-/m1/s1. The number of benzene rings is 2. The smallest absolute Gasteiger partial charge is 0.243 e. The number of aryl methyl sites for hydroxylation is 1. The Labute approximate surface area is 164 Å². The Morgan fingerprint density at radius 3 is 2.50 bits per heavy atom. The molecule has 6 nitrogen and oxygen atoms in total. The first-order valence-electron chi connectivity index (χ1n) is 9.13. The maximum absolute atomic E-state index is 12.3. The number of ether oxygens (including phenoxy) is 1. The van der Waals surface area contributed by atoms with Gasteiger partial charge in [0.05, 0.1) is 5.52 Å². The van der Waals surface area contributed by atoms with Crippen LogP contribution in [0.4, 0.5) is 5.69 Å². The van der Waals surface area contributed by atoms with Gasteiger partial charge in [0, 0.05) is 48.9 Å². The van der Waals surface area contributed by atoms with Crippen LogP contribution < -0.4 is 4.90 Å². The molecule has 1 aliphatic rings. The van der Waals surface area contributed by atoms with Crippen molar-refractivity contribution in [2.24, 2.45) is 5.10 Å². The first-order chi connectivity index (χ1) is 13.4. The number of para-hydroxylation sites is 1. The number of rotatable bonds is 3. The van der Waals surface area contributed by atoms with E-state index in [2.05, 4.69) is 10.1 Å². The number of nitrogens with zero attached hydrogens (tertiary/aromatic N) is 4. The zero-order valence-corrected chi connectivity index (χ0v) is 16.4. The summed E-state index contributed by atoms with van der Waals surface area (Å²) in [7, 11) is 3.98.